The molecule has 1 amide bonds. The van der Waals surface area contributed by atoms with Crippen LogP contribution in [0, 0.1) is 0 Å². The van der Waals surface area contributed by atoms with Crippen LogP contribution in [-0.4, -0.2) is 65.1 Å². The van der Waals surface area contributed by atoms with E-state index in [2.05, 4.69) is 30.7 Å². The molecule has 0 bridgehead atoms. The van der Waals surface area contributed by atoms with Crippen molar-refractivity contribution in [3.05, 3.63) is 42.4 Å². The van der Waals surface area contributed by atoms with Gasteiger partial charge in [0, 0.05) is 50.3 Å². The van der Waals surface area contributed by atoms with E-state index >= 15 is 0 Å². The van der Waals surface area contributed by atoms with E-state index in [1.807, 2.05) is 19.4 Å². The molecule has 0 saturated carbocycles. The summed E-state index contributed by atoms with van der Waals surface area (Å²) in [6, 6.07) is 5.07. The highest BCUT2D eigenvalue weighted by atomic mass is 16.5. The fraction of sp³-hybridized carbons (Fsp3) is 0.273. The third-order valence-corrected chi connectivity index (χ3v) is 4.98. The van der Waals surface area contributed by atoms with Gasteiger partial charge in [-0.2, -0.15) is 15.1 Å². The van der Waals surface area contributed by atoms with Crippen molar-refractivity contribution in [2.75, 3.05) is 39.8 Å². The van der Waals surface area contributed by atoms with Crippen molar-refractivity contribution < 1.29 is 19.0 Å². The van der Waals surface area contributed by atoms with Crippen LogP contribution in [0.3, 0.4) is 0 Å². The predicted octanol–water partition coefficient (Wildman–Crippen LogP) is 2.50. The molecule has 3 heterocycles. The molecule has 0 saturated heterocycles. The second-order valence-corrected chi connectivity index (χ2v) is 7.14. The minimum absolute atomic E-state index is 0.208. The molecule has 4 rings (SSSR count). The summed E-state index contributed by atoms with van der Waals surface area (Å²) >= 11 is 0. The molecule has 11 heteroatoms. The van der Waals surface area contributed by atoms with Gasteiger partial charge in [0.2, 0.25) is 11.8 Å². The number of benzene rings is 1. The number of nitrogens with one attached hydrogen (secondary N) is 3. The molecular formula is C22H25N7O4. The molecule has 3 N–H and O–H groups in total. The van der Waals surface area contributed by atoms with Crippen molar-refractivity contribution in [2.45, 2.75) is 0 Å². The Hall–Kier alpha value is -4.12. The van der Waals surface area contributed by atoms with E-state index in [9.17, 15) is 4.79 Å². The monoisotopic (exact) mass is 451 g/mol. The van der Waals surface area contributed by atoms with Gasteiger partial charge in [-0.25, -0.2) is 0 Å². The Morgan fingerprint density at radius 3 is 2.76 bits per heavy atom. The zero-order chi connectivity index (χ0) is 23.4. The Labute approximate surface area is 190 Å². The molecule has 0 unspecified atom stereocenters. The number of aromatic nitrogens is 5. The average molecular weight is 451 g/mol. The molecule has 0 atom stereocenters. The molecule has 0 aliphatic rings. The largest absolute Gasteiger partial charge is 0.495 e. The smallest absolute Gasteiger partial charge is 0.251 e. The highest BCUT2D eigenvalue weighted by Gasteiger charge is 2.18. The average Bonchev–Trinajstić information content (AvgIpc) is 3.45. The lowest BCUT2D eigenvalue weighted by atomic mass is 10.1. The van der Waals surface area contributed by atoms with E-state index in [1.165, 1.54) is 7.11 Å². The van der Waals surface area contributed by atoms with Gasteiger partial charge in [0.25, 0.3) is 5.91 Å². The predicted molar refractivity (Wildman–Crippen MR) is 123 cm³/mol. The molecule has 11 nitrogen and oxygen atoms in total. The van der Waals surface area contributed by atoms with E-state index < -0.39 is 0 Å². The van der Waals surface area contributed by atoms with Crippen molar-refractivity contribution in [2.24, 2.45) is 7.05 Å². The van der Waals surface area contributed by atoms with Gasteiger partial charge < -0.3 is 29.8 Å². The minimum atomic E-state index is -0.208. The van der Waals surface area contributed by atoms with Crippen LogP contribution in [0.4, 0.5) is 11.6 Å². The van der Waals surface area contributed by atoms with Gasteiger partial charge in [0.05, 0.1) is 31.0 Å². The van der Waals surface area contributed by atoms with E-state index in [4.69, 9.17) is 14.2 Å². The topological polar surface area (TPSA) is 128 Å². The third-order valence-electron chi connectivity index (χ3n) is 4.98. The molecule has 0 aliphatic carbocycles. The molecule has 0 fully saturated rings. The highest BCUT2D eigenvalue weighted by Crippen LogP contribution is 2.35. The number of ether oxygens (including phenoxy) is 3. The summed E-state index contributed by atoms with van der Waals surface area (Å²) in [6.07, 6.45) is 5.53. The SMILES string of the molecule is CNC(=O)c1ccc(Nc2nc(OCCOC)c3c(-c4cnn(C)c4)c[nH]c3n2)c(OC)c1. The van der Waals surface area contributed by atoms with Crippen molar-refractivity contribution in [1.29, 1.82) is 0 Å². The standard InChI is InChI=1S/C22H25N7O4/c1-23-20(30)13-5-6-16(17(9-13)32-4)26-22-27-19-18(21(28-22)33-8-7-31-3)15(11-24-19)14-10-25-29(2)12-14/h5-6,9-12H,7-8H2,1-4H3,(H,23,30)(H2,24,26,27,28). The van der Waals surface area contributed by atoms with Gasteiger partial charge >= 0.3 is 0 Å². The van der Waals surface area contributed by atoms with Crippen molar-refractivity contribution >= 4 is 28.6 Å². The van der Waals surface area contributed by atoms with Gasteiger partial charge in [-0.1, -0.05) is 0 Å². The van der Waals surface area contributed by atoms with Gasteiger partial charge in [-0.05, 0) is 18.2 Å². The number of carbonyl (C=O) groups excluding carboxylic acids is 1. The number of aromatic amines is 1. The van der Waals surface area contributed by atoms with Gasteiger partial charge in [0.1, 0.15) is 18.0 Å². The first-order chi connectivity index (χ1) is 16.0. The zero-order valence-corrected chi connectivity index (χ0v) is 18.8. The summed E-state index contributed by atoms with van der Waals surface area (Å²) in [5, 5.41) is 10.7. The van der Waals surface area contributed by atoms with Gasteiger partial charge in [0.15, 0.2) is 0 Å². The van der Waals surface area contributed by atoms with Crippen LogP contribution in [0.15, 0.2) is 36.8 Å². The molecule has 0 radical (unpaired) electrons. The molecular weight excluding hydrogens is 426 g/mol. The van der Waals surface area contributed by atoms with E-state index in [1.54, 1.807) is 43.2 Å². The Balaban J connectivity index is 1.74. The maximum absolute atomic E-state index is 11.9. The number of carbonyl (C=O) groups is 1. The summed E-state index contributed by atoms with van der Waals surface area (Å²) < 4.78 is 18.2. The summed E-state index contributed by atoms with van der Waals surface area (Å²) in [5.74, 6) is 0.978. The van der Waals surface area contributed by atoms with Crippen LogP contribution in [-0.2, 0) is 11.8 Å². The molecule has 0 aliphatic heterocycles. The first kappa shape index (κ1) is 22.1. The van der Waals surface area contributed by atoms with Crippen molar-refractivity contribution in [3.8, 4) is 22.8 Å². The lowest BCUT2D eigenvalue weighted by Gasteiger charge is -2.13. The Kier molecular flexibility index (Phi) is 6.41. The fourth-order valence-corrected chi connectivity index (χ4v) is 3.37. The molecule has 3 aromatic heterocycles. The third kappa shape index (κ3) is 4.58. The first-order valence-electron chi connectivity index (χ1n) is 10.2. The van der Waals surface area contributed by atoms with Crippen LogP contribution in [0.1, 0.15) is 10.4 Å². The molecule has 4 aromatic rings. The maximum atomic E-state index is 11.9. The van der Waals surface area contributed by atoms with Crippen LogP contribution in [0.2, 0.25) is 0 Å². The fourth-order valence-electron chi connectivity index (χ4n) is 3.37. The first-order valence-corrected chi connectivity index (χ1v) is 10.2. The van der Waals surface area contributed by atoms with Gasteiger partial charge in [-0.15, -0.1) is 0 Å². The number of fused-ring (bicyclic) bond motifs is 1. The number of hydrogen-bond donors (Lipinski definition) is 3. The van der Waals surface area contributed by atoms with Gasteiger partial charge in [-0.3, -0.25) is 9.48 Å². The van der Waals surface area contributed by atoms with Crippen LogP contribution in [0.25, 0.3) is 22.2 Å². The number of amides is 1. The molecule has 0 spiro atoms. The number of rotatable bonds is 9. The number of anilines is 2. The maximum Gasteiger partial charge on any atom is 0.251 e. The summed E-state index contributed by atoms with van der Waals surface area (Å²) in [5.41, 5.74) is 3.47. The van der Waals surface area contributed by atoms with Crippen LogP contribution in [0.5, 0.6) is 11.6 Å². The molecule has 33 heavy (non-hydrogen) atoms. The summed E-state index contributed by atoms with van der Waals surface area (Å²) in [7, 11) is 6.57. The number of H-pyrrole nitrogens is 1. The Bertz CT molecular complexity index is 1280. The Morgan fingerprint density at radius 2 is 2.06 bits per heavy atom. The second kappa shape index (κ2) is 9.57. The number of methoxy groups -OCH3 is 2. The Morgan fingerprint density at radius 1 is 1.21 bits per heavy atom. The highest BCUT2D eigenvalue weighted by molar-refractivity contribution is 5.98. The van der Waals surface area contributed by atoms with Crippen LogP contribution < -0.4 is 20.1 Å². The summed E-state index contributed by atoms with van der Waals surface area (Å²) in [6.45, 7) is 0.736. The quantitative estimate of drug-likeness (QED) is 0.331. The molecule has 172 valence electrons. The van der Waals surface area contributed by atoms with E-state index in [0.717, 1.165) is 16.5 Å². The zero-order valence-electron chi connectivity index (χ0n) is 18.8. The van der Waals surface area contributed by atoms with E-state index in [-0.39, 0.29) is 5.91 Å². The number of nitrogens with zero attached hydrogens (tertiary/aromatic N) is 4. The lowest BCUT2D eigenvalue weighted by molar-refractivity contribution is 0.0963. The number of hydrogen-bond acceptors (Lipinski definition) is 8. The second-order valence-electron chi connectivity index (χ2n) is 7.14. The van der Waals surface area contributed by atoms with Crippen LogP contribution >= 0.6 is 0 Å². The van der Waals surface area contributed by atoms with Crippen molar-refractivity contribution in [3.63, 3.8) is 0 Å². The van der Waals surface area contributed by atoms with Crippen molar-refractivity contribution in [1.82, 2.24) is 30.0 Å². The van der Waals surface area contributed by atoms with E-state index in [0.29, 0.717) is 47.7 Å². The minimum Gasteiger partial charge on any atom is -0.495 e. The summed E-state index contributed by atoms with van der Waals surface area (Å²) in [4.78, 5) is 24.3. The molecule has 1 aromatic carbocycles. The number of aryl methyl sites for hydroxylation is 1. The normalized spacial score (nSPS) is 10.9. The lowest BCUT2D eigenvalue weighted by Crippen LogP contribution is -2.17.